The Morgan fingerprint density at radius 2 is 1.58 bits per heavy atom. The number of anilines is 2. The molecule has 0 saturated heterocycles. The van der Waals surface area contributed by atoms with Crippen molar-refractivity contribution < 1.29 is 27.8 Å². The number of phenolic OH excluding ortho intramolecular Hbond substituents is 1. The van der Waals surface area contributed by atoms with Gasteiger partial charge in [-0.25, -0.2) is 8.42 Å². The summed E-state index contributed by atoms with van der Waals surface area (Å²) in [4.78, 5) is 12.4. The van der Waals surface area contributed by atoms with E-state index in [1.54, 1.807) is 37.3 Å². The summed E-state index contributed by atoms with van der Waals surface area (Å²) in [6.45, 7) is 1.79. The van der Waals surface area contributed by atoms with Crippen molar-refractivity contribution in [2.75, 3.05) is 24.3 Å². The molecule has 0 saturated carbocycles. The maximum atomic E-state index is 13.0. The van der Waals surface area contributed by atoms with Crippen molar-refractivity contribution in [1.29, 1.82) is 0 Å². The Balaban J connectivity index is 1.90. The predicted octanol–water partition coefficient (Wildman–Crippen LogP) is 3.77. The minimum atomic E-state index is -4.03. The van der Waals surface area contributed by atoms with Crippen LogP contribution in [0.4, 0.5) is 11.4 Å². The molecule has 1 amide bonds. The highest BCUT2D eigenvalue weighted by Crippen LogP contribution is 2.30. The van der Waals surface area contributed by atoms with Crippen molar-refractivity contribution in [2.24, 2.45) is 0 Å². The number of aromatic hydroxyl groups is 1. The largest absolute Gasteiger partial charge is 0.507 e. The number of ether oxygens (including phenoxy) is 2. The van der Waals surface area contributed by atoms with E-state index in [2.05, 4.69) is 10.0 Å². The van der Waals surface area contributed by atoms with Crippen LogP contribution in [-0.4, -0.2) is 33.7 Å². The summed E-state index contributed by atoms with van der Waals surface area (Å²) in [7, 11) is -1.16. The second-order valence-electron chi connectivity index (χ2n) is 6.67. The Morgan fingerprint density at radius 1 is 0.903 bits per heavy atom. The molecule has 3 aromatic rings. The summed E-state index contributed by atoms with van der Waals surface area (Å²) in [5, 5.41) is 12.6. The van der Waals surface area contributed by atoms with Crippen molar-refractivity contribution >= 4 is 27.3 Å². The van der Waals surface area contributed by atoms with Gasteiger partial charge in [-0.1, -0.05) is 11.6 Å². The number of benzene rings is 3. The van der Waals surface area contributed by atoms with Crippen molar-refractivity contribution in [3.8, 4) is 17.2 Å². The molecule has 8 nitrogen and oxygen atoms in total. The van der Waals surface area contributed by atoms with E-state index in [1.807, 2.05) is 0 Å². The molecule has 3 aromatic carbocycles. The molecule has 0 aliphatic rings. The fraction of sp³-hybridized carbons (Fsp3) is 0.136. The lowest BCUT2D eigenvalue weighted by molar-refractivity contribution is 0.102. The van der Waals surface area contributed by atoms with Crippen molar-refractivity contribution in [3.63, 3.8) is 0 Å². The maximum Gasteiger partial charge on any atom is 0.265 e. The number of hydrogen-bond acceptors (Lipinski definition) is 6. The number of carbonyl (C=O) groups is 1. The molecule has 0 unspecified atom stereocenters. The van der Waals surface area contributed by atoms with Gasteiger partial charge in [0, 0.05) is 11.4 Å². The average molecular weight is 442 g/mol. The van der Waals surface area contributed by atoms with Crippen molar-refractivity contribution in [3.05, 3.63) is 71.8 Å². The minimum Gasteiger partial charge on any atom is -0.507 e. The first kappa shape index (κ1) is 22.0. The molecule has 0 aliphatic heterocycles. The number of amides is 1. The monoisotopic (exact) mass is 442 g/mol. The molecule has 31 heavy (non-hydrogen) atoms. The first-order chi connectivity index (χ1) is 14.7. The second kappa shape index (κ2) is 8.97. The number of rotatable bonds is 7. The average Bonchev–Trinajstić information content (AvgIpc) is 2.75. The van der Waals surface area contributed by atoms with Crippen LogP contribution in [0.5, 0.6) is 17.2 Å². The van der Waals surface area contributed by atoms with Crippen LogP contribution in [0, 0.1) is 6.92 Å². The standard InChI is InChI=1S/C22H22N2O6S/c1-14-4-10-19(25)18(12-14)22(26)23-16-7-11-20(30-3)21(13-16)31(27,28)24-15-5-8-17(29-2)9-6-15/h4-13,24-25H,1-3H3,(H,23,26). The summed E-state index contributed by atoms with van der Waals surface area (Å²) in [6.07, 6.45) is 0. The van der Waals surface area contributed by atoms with Crippen molar-refractivity contribution in [2.45, 2.75) is 11.8 Å². The van der Waals surface area contributed by atoms with E-state index in [4.69, 9.17) is 9.47 Å². The van der Waals surface area contributed by atoms with Crippen LogP contribution in [0.25, 0.3) is 0 Å². The SMILES string of the molecule is COc1ccc(NS(=O)(=O)c2cc(NC(=O)c3cc(C)ccc3O)ccc2OC)cc1. The molecule has 0 heterocycles. The highest BCUT2D eigenvalue weighted by molar-refractivity contribution is 7.92. The van der Waals surface area contributed by atoms with E-state index in [-0.39, 0.29) is 27.6 Å². The number of hydrogen-bond donors (Lipinski definition) is 3. The third-order valence-electron chi connectivity index (χ3n) is 4.45. The van der Waals surface area contributed by atoms with Crippen LogP contribution in [0.15, 0.2) is 65.6 Å². The molecule has 0 spiro atoms. The third kappa shape index (κ3) is 5.07. The highest BCUT2D eigenvalue weighted by atomic mass is 32.2. The molecule has 3 rings (SSSR count). The summed E-state index contributed by atoms with van der Waals surface area (Å²) >= 11 is 0. The van der Waals surface area contributed by atoms with Gasteiger partial charge in [-0.2, -0.15) is 0 Å². The topological polar surface area (TPSA) is 114 Å². The van der Waals surface area contributed by atoms with Gasteiger partial charge in [0.1, 0.15) is 22.1 Å². The van der Waals surface area contributed by atoms with Gasteiger partial charge in [-0.05, 0) is 61.5 Å². The Labute approximate surface area is 180 Å². The van der Waals surface area contributed by atoms with Gasteiger partial charge >= 0.3 is 0 Å². The fourth-order valence-corrected chi connectivity index (χ4v) is 4.12. The van der Waals surface area contributed by atoms with Gasteiger partial charge in [-0.15, -0.1) is 0 Å². The van der Waals surface area contributed by atoms with Crippen molar-refractivity contribution in [1.82, 2.24) is 0 Å². The Morgan fingerprint density at radius 3 is 2.23 bits per heavy atom. The Bertz CT molecular complexity index is 1210. The summed E-state index contributed by atoms with van der Waals surface area (Å²) in [5.74, 6) is -0.0505. The van der Waals surface area contributed by atoms with E-state index in [9.17, 15) is 18.3 Å². The first-order valence-electron chi connectivity index (χ1n) is 9.19. The van der Waals surface area contributed by atoms with Crippen LogP contribution in [0.3, 0.4) is 0 Å². The first-order valence-corrected chi connectivity index (χ1v) is 10.7. The van der Waals surface area contributed by atoms with Gasteiger partial charge < -0.3 is 19.9 Å². The lowest BCUT2D eigenvalue weighted by atomic mass is 10.1. The zero-order chi connectivity index (χ0) is 22.6. The van der Waals surface area contributed by atoms with Crippen LogP contribution in [0.2, 0.25) is 0 Å². The smallest absolute Gasteiger partial charge is 0.265 e. The number of sulfonamides is 1. The number of phenols is 1. The Hall–Kier alpha value is -3.72. The van der Waals surface area contributed by atoms with Gasteiger partial charge in [0.05, 0.1) is 19.8 Å². The molecule has 0 bridgehead atoms. The van der Waals surface area contributed by atoms with Crippen LogP contribution in [-0.2, 0) is 10.0 Å². The fourth-order valence-electron chi connectivity index (χ4n) is 2.86. The molecule has 9 heteroatoms. The van der Waals surface area contributed by atoms with E-state index in [1.165, 1.54) is 44.6 Å². The number of carbonyl (C=O) groups excluding carboxylic acids is 1. The van der Waals surface area contributed by atoms with Gasteiger partial charge in [-0.3, -0.25) is 9.52 Å². The molecule has 0 aliphatic carbocycles. The zero-order valence-electron chi connectivity index (χ0n) is 17.2. The minimum absolute atomic E-state index is 0.0802. The normalized spacial score (nSPS) is 10.9. The molecule has 0 aromatic heterocycles. The molecular weight excluding hydrogens is 420 g/mol. The Kier molecular flexibility index (Phi) is 6.36. The molecule has 162 valence electrons. The summed E-state index contributed by atoms with van der Waals surface area (Å²) < 4.78 is 38.7. The molecule has 0 atom stereocenters. The second-order valence-corrected chi connectivity index (χ2v) is 8.33. The molecule has 0 radical (unpaired) electrons. The predicted molar refractivity (Wildman–Crippen MR) is 118 cm³/mol. The van der Waals surface area contributed by atoms with Crippen LogP contribution >= 0.6 is 0 Å². The van der Waals surface area contributed by atoms with Gasteiger partial charge in [0.15, 0.2) is 0 Å². The summed E-state index contributed by atoms with van der Waals surface area (Å²) in [5.41, 5.74) is 1.44. The lowest BCUT2D eigenvalue weighted by Gasteiger charge is -2.14. The van der Waals surface area contributed by atoms with Crippen LogP contribution < -0.4 is 19.5 Å². The number of methoxy groups -OCH3 is 2. The van der Waals surface area contributed by atoms with E-state index in [0.717, 1.165) is 5.56 Å². The third-order valence-corrected chi connectivity index (χ3v) is 5.85. The van der Waals surface area contributed by atoms with E-state index in [0.29, 0.717) is 11.4 Å². The highest BCUT2D eigenvalue weighted by Gasteiger charge is 2.21. The van der Waals surface area contributed by atoms with Crippen LogP contribution in [0.1, 0.15) is 15.9 Å². The number of nitrogens with one attached hydrogen (secondary N) is 2. The van der Waals surface area contributed by atoms with Gasteiger partial charge in [0.2, 0.25) is 0 Å². The summed E-state index contributed by atoms with van der Waals surface area (Å²) in [6, 6.07) is 15.3. The molecule has 0 fully saturated rings. The number of aryl methyl sites for hydroxylation is 1. The zero-order valence-corrected chi connectivity index (χ0v) is 18.0. The van der Waals surface area contributed by atoms with E-state index >= 15 is 0 Å². The quantitative estimate of drug-likeness (QED) is 0.513. The molecular formula is C22H22N2O6S. The lowest BCUT2D eigenvalue weighted by Crippen LogP contribution is -2.16. The van der Waals surface area contributed by atoms with E-state index < -0.39 is 15.9 Å². The maximum absolute atomic E-state index is 13.0. The molecule has 3 N–H and O–H groups in total. The van der Waals surface area contributed by atoms with Gasteiger partial charge in [0.25, 0.3) is 15.9 Å².